The molecule has 6 heterocycles. The number of benzene rings is 2. The van der Waals surface area contributed by atoms with E-state index in [0.29, 0.717) is 70.7 Å². The van der Waals surface area contributed by atoms with Crippen LogP contribution in [0.25, 0.3) is 21.9 Å². The number of nitrogens with zero attached hydrogens (tertiary/aromatic N) is 6. The number of aromatic hydroxyl groups is 1. The minimum Gasteiger partial charge on any atom is -0.508 e. The van der Waals surface area contributed by atoms with E-state index in [1.54, 1.807) is 24.5 Å². The summed E-state index contributed by atoms with van der Waals surface area (Å²) in [6, 6.07) is 6.08. The molecule has 5 fully saturated rings. The third-order valence-corrected chi connectivity index (χ3v) is 10.9. The second-order valence-corrected chi connectivity index (χ2v) is 14.4. The molecule has 2 bridgehead atoms. The second-order valence-electron chi connectivity index (χ2n) is 14.4. The number of imidazole rings is 1. The zero-order chi connectivity index (χ0) is 31.9. The number of phenolic OH excluding ortho intramolecular Hbond substituents is 1. The van der Waals surface area contributed by atoms with E-state index >= 15 is 4.39 Å². The van der Waals surface area contributed by atoms with Crippen LogP contribution < -0.4 is 15.0 Å². The Morgan fingerprint density at radius 2 is 1.96 bits per heavy atom. The lowest BCUT2D eigenvalue weighted by Gasteiger charge is -2.36. The van der Waals surface area contributed by atoms with Gasteiger partial charge in [-0.1, -0.05) is 12.0 Å². The molecule has 4 atom stereocenters. The van der Waals surface area contributed by atoms with Crippen molar-refractivity contribution in [1.29, 1.82) is 0 Å². The Morgan fingerprint density at radius 3 is 2.72 bits per heavy atom. The van der Waals surface area contributed by atoms with E-state index in [9.17, 15) is 9.50 Å². The molecule has 4 aliphatic heterocycles. The maximum atomic E-state index is 15.5. The number of nitrogens with one attached hydrogen (secondary N) is 1. The Morgan fingerprint density at radius 1 is 1.13 bits per heavy atom. The predicted octanol–water partition coefficient (Wildman–Crippen LogP) is 3.83. The van der Waals surface area contributed by atoms with Crippen LogP contribution in [0.2, 0.25) is 0 Å². The molecule has 10 nitrogen and oxygen atoms in total. The summed E-state index contributed by atoms with van der Waals surface area (Å²) in [5.74, 6) is 2.55. The first-order valence-electron chi connectivity index (χ1n) is 16.6. The number of rotatable bonds is 8. The Hall–Kier alpha value is -4.05. The van der Waals surface area contributed by atoms with Gasteiger partial charge in [-0.05, 0) is 54.8 Å². The summed E-state index contributed by atoms with van der Waals surface area (Å²) in [5.41, 5.74) is 1.83. The summed E-state index contributed by atoms with van der Waals surface area (Å²) in [6.45, 7) is 6.28. The lowest BCUT2D eigenvalue weighted by molar-refractivity contribution is 0.127. The SMILES string of the molecule is C#Cc1c(F)ccc2cc(O)cc(Cn3cnc4c(OCC5(CN6C[C@H]7COC[C@H]7C6)CC5)nc(N5CC6CCC(F)(C5)N6)nc43)c12. The van der Waals surface area contributed by atoms with E-state index in [2.05, 4.69) is 21.1 Å². The summed E-state index contributed by atoms with van der Waals surface area (Å²) >= 11 is 0. The number of ether oxygens (including phenoxy) is 2. The number of aromatic nitrogens is 4. The van der Waals surface area contributed by atoms with Crippen LogP contribution in [0.15, 0.2) is 30.6 Å². The van der Waals surface area contributed by atoms with Gasteiger partial charge < -0.3 is 28.9 Å². The molecule has 1 aliphatic carbocycles. The molecule has 0 radical (unpaired) electrons. The summed E-state index contributed by atoms with van der Waals surface area (Å²) in [7, 11) is 0. The topological polar surface area (TPSA) is 101 Å². The van der Waals surface area contributed by atoms with Gasteiger partial charge in [0.2, 0.25) is 11.8 Å². The van der Waals surface area contributed by atoms with Crippen LogP contribution in [0, 0.1) is 35.4 Å². The molecule has 4 saturated heterocycles. The Labute approximate surface area is 271 Å². The van der Waals surface area contributed by atoms with Crippen molar-refractivity contribution in [2.24, 2.45) is 17.3 Å². The molecule has 47 heavy (non-hydrogen) atoms. The highest BCUT2D eigenvalue weighted by molar-refractivity contribution is 5.92. The number of hydrogen-bond acceptors (Lipinski definition) is 9. The number of hydrogen-bond donors (Lipinski definition) is 2. The van der Waals surface area contributed by atoms with Crippen molar-refractivity contribution < 1.29 is 23.4 Å². The van der Waals surface area contributed by atoms with Crippen molar-refractivity contribution in [3.63, 3.8) is 0 Å². The van der Waals surface area contributed by atoms with Gasteiger partial charge in [0.25, 0.3) is 0 Å². The van der Waals surface area contributed by atoms with Gasteiger partial charge >= 0.3 is 0 Å². The molecule has 9 rings (SSSR count). The highest BCUT2D eigenvalue weighted by Crippen LogP contribution is 2.48. The van der Waals surface area contributed by atoms with Crippen LogP contribution in [0.4, 0.5) is 14.7 Å². The van der Waals surface area contributed by atoms with Crippen molar-refractivity contribution in [3.8, 4) is 24.0 Å². The van der Waals surface area contributed by atoms with Gasteiger partial charge in [-0.3, -0.25) is 5.32 Å². The predicted molar refractivity (Wildman–Crippen MR) is 172 cm³/mol. The third-order valence-electron chi connectivity index (χ3n) is 10.9. The molecule has 5 aliphatic rings. The van der Waals surface area contributed by atoms with E-state index in [0.717, 1.165) is 52.1 Å². The van der Waals surface area contributed by atoms with Gasteiger partial charge in [0.15, 0.2) is 17.0 Å². The molecular formula is C35H37F2N7O3. The molecule has 2 N–H and O–H groups in total. The van der Waals surface area contributed by atoms with Crippen LogP contribution in [0.3, 0.4) is 0 Å². The maximum Gasteiger partial charge on any atom is 0.247 e. The number of terminal acetylenes is 1. The number of fused-ring (bicyclic) bond motifs is 5. The summed E-state index contributed by atoms with van der Waals surface area (Å²) in [4.78, 5) is 18.9. The Balaban J connectivity index is 1.06. The van der Waals surface area contributed by atoms with Crippen molar-refractivity contribution in [2.45, 2.75) is 44.1 Å². The van der Waals surface area contributed by atoms with Crippen LogP contribution >= 0.6 is 0 Å². The molecule has 2 aromatic carbocycles. The fraction of sp³-hybridized carbons (Fsp3) is 0.514. The van der Waals surface area contributed by atoms with Crippen molar-refractivity contribution in [3.05, 3.63) is 47.5 Å². The van der Waals surface area contributed by atoms with Gasteiger partial charge in [-0.15, -0.1) is 6.42 Å². The first kappa shape index (κ1) is 29.1. The number of alkyl halides is 1. The lowest BCUT2D eigenvalue weighted by atomic mass is 9.98. The molecule has 2 aromatic heterocycles. The van der Waals surface area contributed by atoms with Crippen molar-refractivity contribution in [2.75, 3.05) is 57.4 Å². The van der Waals surface area contributed by atoms with E-state index in [4.69, 9.17) is 25.9 Å². The van der Waals surface area contributed by atoms with E-state index in [1.165, 1.54) is 6.07 Å². The van der Waals surface area contributed by atoms with Crippen LogP contribution in [-0.4, -0.2) is 93.9 Å². The molecular weight excluding hydrogens is 604 g/mol. The normalized spacial score (nSPS) is 27.9. The quantitative estimate of drug-likeness (QED) is 0.220. The molecule has 1 saturated carbocycles. The van der Waals surface area contributed by atoms with E-state index < -0.39 is 11.6 Å². The largest absolute Gasteiger partial charge is 0.508 e. The molecule has 0 spiro atoms. The molecule has 0 amide bonds. The average molecular weight is 642 g/mol. The number of anilines is 1. The number of piperazine rings is 1. The summed E-state index contributed by atoms with van der Waals surface area (Å²) in [5, 5.41) is 14.8. The molecule has 244 valence electrons. The minimum absolute atomic E-state index is 0.0122. The van der Waals surface area contributed by atoms with Gasteiger partial charge in [-0.2, -0.15) is 9.97 Å². The van der Waals surface area contributed by atoms with Crippen LogP contribution in [0.1, 0.15) is 36.8 Å². The standard InChI is InChI=1S/C35H37F2N7O3/c1-2-27-28(36)4-3-21-9-26(45)10-22(29(21)27)13-44-20-38-30-31(44)39-33(43-14-25-5-6-35(37,18-43)41-25)40-32(30)47-19-34(7-8-34)17-42-11-23-15-46-16-24(23)12-42/h1,3-4,9-10,20,23-25,41,45H,5-8,11-19H2/t23-,24+,25?,35?. The first-order valence-corrected chi connectivity index (χ1v) is 16.6. The van der Waals surface area contributed by atoms with Gasteiger partial charge in [0.1, 0.15) is 11.6 Å². The third kappa shape index (κ3) is 5.16. The fourth-order valence-electron chi connectivity index (χ4n) is 8.32. The molecule has 2 unspecified atom stereocenters. The van der Waals surface area contributed by atoms with E-state index in [1.807, 2.05) is 9.47 Å². The summed E-state index contributed by atoms with van der Waals surface area (Å²) < 4.78 is 44.4. The number of phenols is 1. The van der Waals surface area contributed by atoms with Crippen molar-refractivity contribution >= 4 is 27.9 Å². The molecule has 4 aromatic rings. The monoisotopic (exact) mass is 641 g/mol. The fourth-order valence-corrected chi connectivity index (χ4v) is 8.32. The zero-order valence-corrected chi connectivity index (χ0v) is 26.1. The number of halogens is 2. The average Bonchev–Trinajstić information content (AvgIpc) is 3.32. The van der Waals surface area contributed by atoms with Crippen LogP contribution in [-0.2, 0) is 11.3 Å². The second kappa shape index (κ2) is 10.7. The number of likely N-dealkylation sites (tertiary alicyclic amines) is 1. The van der Waals surface area contributed by atoms with Gasteiger partial charge in [-0.25, -0.2) is 13.8 Å². The Bertz CT molecular complexity index is 1930. The van der Waals surface area contributed by atoms with Gasteiger partial charge in [0.05, 0.1) is 44.8 Å². The van der Waals surface area contributed by atoms with Gasteiger partial charge in [0, 0.05) is 54.9 Å². The van der Waals surface area contributed by atoms with Crippen molar-refractivity contribution in [1.82, 2.24) is 29.7 Å². The first-order chi connectivity index (χ1) is 22.8. The molecule has 12 heteroatoms. The van der Waals surface area contributed by atoms with E-state index in [-0.39, 0.29) is 35.9 Å². The highest BCUT2D eigenvalue weighted by atomic mass is 19.1. The minimum atomic E-state index is -1.49. The Kier molecular flexibility index (Phi) is 6.65. The highest BCUT2D eigenvalue weighted by Gasteiger charge is 2.48. The smallest absolute Gasteiger partial charge is 0.247 e. The van der Waals surface area contributed by atoms with Crippen LogP contribution in [0.5, 0.6) is 11.6 Å². The summed E-state index contributed by atoms with van der Waals surface area (Å²) in [6.07, 6.45) is 10.8. The zero-order valence-electron chi connectivity index (χ0n) is 26.1. The lowest BCUT2D eigenvalue weighted by Crippen LogP contribution is -2.57. The maximum absolute atomic E-state index is 15.5.